The van der Waals surface area contributed by atoms with Gasteiger partial charge in [0.25, 0.3) is 0 Å². The van der Waals surface area contributed by atoms with Crippen molar-refractivity contribution < 1.29 is 9.53 Å². The molecule has 1 saturated heterocycles. The normalized spacial score (nSPS) is 29.0. The molecule has 3 aliphatic rings. The Hall–Kier alpha value is -1.51. The zero-order valence-electron chi connectivity index (χ0n) is 7.75. The average molecular weight is 189 g/mol. The van der Waals surface area contributed by atoms with Crippen LogP contribution >= 0.6 is 0 Å². The summed E-state index contributed by atoms with van der Waals surface area (Å²) in [5.41, 5.74) is 2.14. The predicted octanol–water partition coefficient (Wildman–Crippen LogP) is 0.903. The Kier molecular flexibility index (Phi) is 1.54. The van der Waals surface area contributed by atoms with Crippen molar-refractivity contribution >= 4 is 5.78 Å². The number of ketones is 1. The Balaban J connectivity index is 2.04. The quantitative estimate of drug-likeness (QED) is 0.615. The third-order valence-electron chi connectivity index (χ3n) is 2.82. The van der Waals surface area contributed by atoms with E-state index in [0.29, 0.717) is 5.92 Å². The van der Waals surface area contributed by atoms with Crippen molar-refractivity contribution in [3.63, 3.8) is 0 Å². The number of hydrogen-bond donors (Lipinski definition) is 1. The second kappa shape index (κ2) is 2.74. The Morgan fingerprint density at radius 3 is 3.29 bits per heavy atom. The van der Waals surface area contributed by atoms with E-state index < -0.39 is 0 Å². The molecule has 1 fully saturated rings. The van der Waals surface area contributed by atoms with Crippen molar-refractivity contribution in [1.82, 2.24) is 5.32 Å². The van der Waals surface area contributed by atoms with Crippen LogP contribution in [0.25, 0.3) is 0 Å². The number of rotatable bonds is 0. The first-order valence-corrected chi connectivity index (χ1v) is 4.88. The van der Waals surface area contributed by atoms with E-state index in [1.54, 1.807) is 6.08 Å². The minimum Gasteiger partial charge on any atom is -0.485 e. The molecule has 14 heavy (non-hydrogen) atoms. The highest BCUT2D eigenvalue weighted by Crippen LogP contribution is 2.32. The third kappa shape index (κ3) is 1.09. The van der Waals surface area contributed by atoms with Gasteiger partial charge in [-0.25, -0.2) is 0 Å². The molecule has 1 N–H and O–H groups in total. The minimum atomic E-state index is 0.0467. The van der Waals surface area contributed by atoms with E-state index in [0.717, 1.165) is 24.3 Å². The van der Waals surface area contributed by atoms with Gasteiger partial charge in [0.2, 0.25) is 0 Å². The summed E-state index contributed by atoms with van der Waals surface area (Å²) in [6.07, 6.45) is 6.94. The van der Waals surface area contributed by atoms with Gasteiger partial charge in [0.05, 0.1) is 0 Å². The molecule has 0 amide bonds. The zero-order valence-corrected chi connectivity index (χ0v) is 7.75. The smallest absolute Gasteiger partial charge is 0.193 e. The van der Waals surface area contributed by atoms with Crippen molar-refractivity contribution in [1.29, 1.82) is 0 Å². The number of carbonyl (C=O) groups excluding carboxylic acids is 1. The van der Waals surface area contributed by atoms with Crippen LogP contribution in [-0.4, -0.2) is 18.9 Å². The van der Waals surface area contributed by atoms with Crippen molar-refractivity contribution in [2.45, 2.75) is 6.42 Å². The highest BCUT2D eigenvalue weighted by atomic mass is 16.5. The van der Waals surface area contributed by atoms with E-state index in [1.165, 1.54) is 5.70 Å². The van der Waals surface area contributed by atoms with Crippen LogP contribution in [0, 0.1) is 5.92 Å². The van der Waals surface area contributed by atoms with Crippen LogP contribution in [0.3, 0.4) is 0 Å². The second-order valence-electron chi connectivity index (χ2n) is 3.81. The maximum Gasteiger partial charge on any atom is 0.193 e. The van der Waals surface area contributed by atoms with E-state index in [1.807, 2.05) is 6.08 Å². The molecule has 3 nitrogen and oxygen atoms in total. The largest absolute Gasteiger partial charge is 0.485 e. The lowest BCUT2D eigenvalue weighted by Crippen LogP contribution is -2.18. The maximum atomic E-state index is 11.1. The van der Waals surface area contributed by atoms with E-state index >= 15 is 0 Å². The van der Waals surface area contributed by atoms with Gasteiger partial charge in [0.1, 0.15) is 5.76 Å². The maximum absolute atomic E-state index is 11.1. The first kappa shape index (κ1) is 7.85. The van der Waals surface area contributed by atoms with Crippen molar-refractivity contribution in [3.8, 4) is 0 Å². The minimum absolute atomic E-state index is 0.0467. The van der Waals surface area contributed by atoms with Crippen molar-refractivity contribution in [2.75, 3.05) is 13.2 Å². The zero-order chi connectivity index (χ0) is 9.54. The van der Waals surface area contributed by atoms with Gasteiger partial charge in [-0.2, -0.15) is 0 Å². The van der Waals surface area contributed by atoms with Crippen LogP contribution in [0.15, 0.2) is 35.3 Å². The van der Waals surface area contributed by atoms with Crippen molar-refractivity contribution in [2.24, 2.45) is 5.92 Å². The fourth-order valence-electron chi connectivity index (χ4n) is 2.12. The van der Waals surface area contributed by atoms with Crippen molar-refractivity contribution in [3.05, 3.63) is 35.3 Å². The standard InChI is InChI=1S/C11H11NO2/c13-9-3-8-4-10-7(1-2-12-10)5-11(8)14-6-9/h3-5,7,12H,1-2,6H2. The molecule has 72 valence electrons. The number of carbonyl (C=O) groups is 1. The third-order valence-corrected chi connectivity index (χ3v) is 2.82. The molecular formula is C11H11NO2. The Morgan fingerprint density at radius 1 is 1.43 bits per heavy atom. The average Bonchev–Trinajstić information content (AvgIpc) is 2.61. The highest BCUT2D eigenvalue weighted by Gasteiger charge is 2.27. The molecule has 0 spiro atoms. The lowest BCUT2D eigenvalue weighted by molar-refractivity contribution is -0.118. The number of fused-ring (bicyclic) bond motifs is 2. The van der Waals surface area contributed by atoms with Gasteiger partial charge in [-0.3, -0.25) is 4.79 Å². The summed E-state index contributed by atoms with van der Waals surface area (Å²) in [5, 5.41) is 3.32. The molecule has 0 aromatic carbocycles. The molecule has 2 aliphatic heterocycles. The lowest BCUT2D eigenvalue weighted by Gasteiger charge is -2.22. The first-order valence-electron chi connectivity index (χ1n) is 4.88. The fourth-order valence-corrected chi connectivity index (χ4v) is 2.12. The molecular weight excluding hydrogens is 178 g/mol. The van der Waals surface area contributed by atoms with Gasteiger partial charge in [-0.05, 0) is 24.6 Å². The van der Waals surface area contributed by atoms with Gasteiger partial charge in [-0.15, -0.1) is 0 Å². The number of allylic oxidation sites excluding steroid dienone is 2. The molecule has 0 radical (unpaired) electrons. The molecule has 0 saturated carbocycles. The summed E-state index contributed by atoms with van der Waals surface area (Å²) in [5.74, 6) is 1.39. The van der Waals surface area contributed by atoms with Crippen LogP contribution < -0.4 is 5.32 Å². The van der Waals surface area contributed by atoms with Gasteiger partial charge in [0, 0.05) is 23.7 Å². The Morgan fingerprint density at radius 2 is 2.36 bits per heavy atom. The van der Waals surface area contributed by atoms with E-state index in [4.69, 9.17) is 4.74 Å². The van der Waals surface area contributed by atoms with Gasteiger partial charge in [0.15, 0.2) is 12.4 Å². The predicted molar refractivity (Wildman–Crippen MR) is 51.3 cm³/mol. The summed E-state index contributed by atoms with van der Waals surface area (Å²) in [4.78, 5) is 11.1. The molecule has 0 aromatic heterocycles. The second-order valence-corrected chi connectivity index (χ2v) is 3.81. The number of nitrogens with one attached hydrogen (secondary N) is 1. The summed E-state index contributed by atoms with van der Waals surface area (Å²) in [6, 6.07) is 0. The van der Waals surface area contributed by atoms with Crippen LogP contribution in [0.4, 0.5) is 0 Å². The summed E-state index contributed by atoms with van der Waals surface area (Å²) < 4.78 is 5.37. The first-order chi connectivity index (χ1) is 6.83. The Labute approximate surface area is 82.1 Å². The van der Waals surface area contributed by atoms with Gasteiger partial charge >= 0.3 is 0 Å². The summed E-state index contributed by atoms with van der Waals surface area (Å²) >= 11 is 0. The molecule has 3 heteroatoms. The summed E-state index contributed by atoms with van der Waals surface area (Å²) in [7, 11) is 0. The molecule has 1 unspecified atom stereocenters. The Bertz CT molecular complexity index is 390. The summed E-state index contributed by atoms with van der Waals surface area (Å²) in [6.45, 7) is 1.21. The number of ether oxygens (including phenoxy) is 1. The lowest BCUT2D eigenvalue weighted by atomic mass is 9.94. The molecule has 0 bridgehead atoms. The van der Waals surface area contributed by atoms with Crippen LogP contribution in [-0.2, 0) is 9.53 Å². The highest BCUT2D eigenvalue weighted by molar-refractivity contribution is 5.94. The fraction of sp³-hybridized carbons (Fsp3) is 0.364. The molecule has 1 aliphatic carbocycles. The molecule has 3 rings (SSSR count). The molecule has 2 heterocycles. The van der Waals surface area contributed by atoms with E-state index in [9.17, 15) is 4.79 Å². The SMILES string of the molecule is O=C1C=C2C=C3NCCC3C=C2OC1. The topological polar surface area (TPSA) is 38.3 Å². The van der Waals surface area contributed by atoms with E-state index in [2.05, 4.69) is 11.4 Å². The van der Waals surface area contributed by atoms with Crippen LogP contribution in [0.1, 0.15) is 6.42 Å². The monoisotopic (exact) mass is 189 g/mol. The van der Waals surface area contributed by atoms with Gasteiger partial charge < -0.3 is 10.1 Å². The van der Waals surface area contributed by atoms with Gasteiger partial charge in [-0.1, -0.05) is 0 Å². The molecule has 1 atom stereocenters. The number of hydrogen-bond acceptors (Lipinski definition) is 3. The molecule has 0 aromatic rings. The van der Waals surface area contributed by atoms with Crippen LogP contribution in [0.2, 0.25) is 0 Å². The van der Waals surface area contributed by atoms with Crippen LogP contribution in [0.5, 0.6) is 0 Å². The van der Waals surface area contributed by atoms with E-state index in [-0.39, 0.29) is 12.4 Å².